The zero-order valence-corrected chi connectivity index (χ0v) is 9.01. The van der Waals surface area contributed by atoms with Crippen LogP contribution in [0.2, 0.25) is 0 Å². The molecule has 0 spiro atoms. The van der Waals surface area contributed by atoms with E-state index < -0.39 is 17.4 Å². The zero-order valence-electron chi connectivity index (χ0n) is 9.01. The van der Waals surface area contributed by atoms with Crippen LogP contribution < -0.4 is 0 Å². The second kappa shape index (κ2) is 4.90. The van der Waals surface area contributed by atoms with Crippen LogP contribution in [0.5, 0.6) is 0 Å². The summed E-state index contributed by atoms with van der Waals surface area (Å²) >= 11 is 0. The first-order valence-corrected chi connectivity index (χ1v) is 5.03. The molecule has 0 radical (unpaired) electrons. The monoisotopic (exact) mass is 222 g/mol. The summed E-state index contributed by atoms with van der Waals surface area (Å²) in [5.41, 5.74) is -1.69. The van der Waals surface area contributed by atoms with Crippen LogP contribution in [-0.2, 0) is 16.0 Å². The first-order valence-electron chi connectivity index (χ1n) is 5.03. The van der Waals surface area contributed by atoms with Gasteiger partial charge in [0.2, 0.25) is 5.60 Å². The fraction of sp³-hybridized carbons (Fsp3) is 0.333. The number of carbonyl (C=O) groups is 2. The van der Waals surface area contributed by atoms with Crippen molar-refractivity contribution < 1.29 is 19.8 Å². The molecule has 0 saturated carbocycles. The van der Waals surface area contributed by atoms with E-state index in [0.717, 1.165) is 0 Å². The molecule has 0 amide bonds. The maximum atomic E-state index is 11.4. The van der Waals surface area contributed by atoms with Crippen LogP contribution in [0.15, 0.2) is 30.3 Å². The van der Waals surface area contributed by atoms with Gasteiger partial charge in [-0.1, -0.05) is 37.3 Å². The Morgan fingerprint density at radius 1 is 1.25 bits per heavy atom. The van der Waals surface area contributed by atoms with Gasteiger partial charge in [0.25, 0.3) is 0 Å². The number of rotatable bonds is 5. The molecule has 1 aromatic rings. The minimum Gasteiger partial charge on any atom is -0.479 e. The number of hydrogen-bond donors (Lipinski definition) is 2. The van der Waals surface area contributed by atoms with Gasteiger partial charge in [-0.15, -0.1) is 0 Å². The van der Waals surface area contributed by atoms with Crippen molar-refractivity contribution in [3.05, 3.63) is 35.9 Å². The van der Waals surface area contributed by atoms with Gasteiger partial charge in [-0.25, -0.2) is 4.79 Å². The summed E-state index contributed by atoms with van der Waals surface area (Å²) in [6.07, 6.45) is -0.203. The number of aliphatic carboxylic acids is 1. The first kappa shape index (κ1) is 12.4. The van der Waals surface area contributed by atoms with Gasteiger partial charge >= 0.3 is 5.97 Å². The molecule has 4 heteroatoms. The third kappa shape index (κ3) is 2.46. The highest BCUT2D eigenvalue weighted by atomic mass is 16.4. The minimum atomic E-state index is -2.31. The largest absolute Gasteiger partial charge is 0.479 e. The highest BCUT2D eigenvalue weighted by molar-refractivity contribution is 6.06. The number of aliphatic hydroxyl groups is 1. The van der Waals surface area contributed by atoms with Crippen molar-refractivity contribution in [3.63, 3.8) is 0 Å². The number of carboxylic acid groups (broad SMARTS) is 1. The highest BCUT2D eigenvalue weighted by Gasteiger charge is 2.42. The van der Waals surface area contributed by atoms with E-state index in [-0.39, 0.29) is 12.8 Å². The third-order valence-electron chi connectivity index (χ3n) is 2.44. The first-order chi connectivity index (χ1) is 7.50. The Kier molecular flexibility index (Phi) is 3.79. The Bertz CT molecular complexity index is 385. The van der Waals surface area contributed by atoms with Crippen LogP contribution in [0.1, 0.15) is 18.9 Å². The van der Waals surface area contributed by atoms with Crippen LogP contribution in [-0.4, -0.2) is 27.6 Å². The number of hydrogen-bond acceptors (Lipinski definition) is 3. The fourth-order valence-corrected chi connectivity index (χ4v) is 1.48. The summed E-state index contributed by atoms with van der Waals surface area (Å²) in [5, 5.41) is 18.8. The maximum absolute atomic E-state index is 11.4. The Morgan fingerprint density at radius 2 is 1.81 bits per heavy atom. The highest BCUT2D eigenvalue weighted by Crippen LogP contribution is 2.16. The van der Waals surface area contributed by atoms with E-state index in [1.807, 2.05) is 0 Å². The number of benzene rings is 1. The molecular weight excluding hydrogens is 208 g/mol. The van der Waals surface area contributed by atoms with Crippen LogP contribution in [0.25, 0.3) is 0 Å². The number of carbonyl (C=O) groups excluding carboxylic acids is 1. The lowest BCUT2D eigenvalue weighted by atomic mass is 9.89. The molecule has 0 heterocycles. The molecule has 1 rings (SSSR count). The molecule has 0 aliphatic rings. The SMILES string of the molecule is CCC(=O)C(O)(Cc1ccccc1)C(=O)O. The van der Waals surface area contributed by atoms with Crippen molar-refractivity contribution >= 4 is 11.8 Å². The minimum absolute atomic E-state index is 0.00433. The fourth-order valence-electron chi connectivity index (χ4n) is 1.48. The Balaban J connectivity index is 2.97. The van der Waals surface area contributed by atoms with Crippen molar-refractivity contribution in [1.29, 1.82) is 0 Å². The van der Waals surface area contributed by atoms with Gasteiger partial charge in [0.05, 0.1) is 0 Å². The predicted molar refractivity (Wildman–Crippen MR) is 58.0 cm³/mol. The number of carboxylic acids is 1. The smallest absolute Gasteiger partial charge is 0.343 e. The van der Waals surface area contributed by atoms with Gasteiger partial charge in [-0.05, 0) is 5.56 Å². The molecule has 16 heavy (non-hydrogen) atoms. The lowest BCUT2D eigenvalue weighted by Gasteiger charge is -2.21. The third-order valence-corrected chi connectivity index (χ3v) is 2.44. The van der Waals surface area contributed by atoms with E-state index in [2.05, 4.69) is 0 Å². The maximum Gasteiger partial charge on any atom is 0.343 e. The second-order valence-corrected chi connectivity index (χ2v) is 3.60. The van der Waals surface area contributed by atoms with Crippen molar-refractivity contribution in [2.45, 2.75) is 25.4 Å². The van der Waals surface area contributed by atoms with E-state index in [1.54, 1.807) is 30.3 Å². The molecule has 1 unspecified atom stereocenters. The number of ketones is 1. The predicted octanol–water partition coefficient (Wildman–Crippen LogP) is 1.02. The molecule has 0 aliphatic carbocycles. The lowest BCUT2D eigenvalue weighted by molar-refractivity contribution is -0.165. The van der Waals surface area contributed by atoms with E-state index in [4.69, 9.17) is 5.11 Å². The molecule has 86 valence electrons. The Morgan fingerprint density at radius 3 is 2.25 bits per heavy atom. The van der Waals surface area contributed by atoms with Crippen LogP contribution in [0.4, 0.5) is 0 Å². The Labute approximate surface area is 93.5 Å². The van der Waals surface area contributed by atoms with Gasteiger partial charge in [0.15, 0.2) is 5.78 Å². The van der Waals surface area contributed by atoms with Crippen LogP contribution >= 0.6 is 0 Å². The molecule has 1 atom stereocenters. The molecule has 0 aliphatic heterocycles. The van der Waals surface area contributed by atoms with Gasteiger partial charge in [-0.3, -0.25) is 4.79 Å². The summed E-state index contributed by atoms with van der Waals surface area (Å²) in [5.74, 6) is -2.17. The molecule has 0 saturated heterocycles. The summed E-state index contributed by atoms with van der Waals surface area (Å²) in [6, 6.07) is 8.60. The van der Waals surface area contributed by atoms with Crippen LogP contribution in [0, 0.1) is 0 Å². The van der Waals surface area contributed by atoms with Crippen molar-refractivity contribution in [2.75, 3.05) is 0 Å². The van der Waals surface area contributed by atoms with Crippen molar-refractivity contribution in [3.8, 4) is 0 Å². The Hall–Kier alpha value is -1.68. The van der Waals surface area contributed by atoms with E-state index >= 15 is 0 Å². The van der Waals surface area contributed by atoms with E-state index in [9.17, 15) is 14.7 Å². The standard InChI is InChI=1S/C12H14O4/c1-2-10(13)12(16,11(14)15)8-9-6-4-3-5-7-9/h3-7,16H,2,8H2,1H3,(H,14,15). The summed E-state index contributed by atoms with van der Waals surface area (Å²) in [4.78, 5) is 22.4. The van der Waals surface area contributed by atoms with E-state index in [0.29, 0.717) is 5.56 Å². The number of Topliss-reactive ketones (excluding diaryl/α,β-unsaturated/α-hetero) is 1. The van der Waals surface area contributed by atoms with Gasteiger partial charge < -0.3 is 10.2 Å². The molecule has 0 aromatic heterocycles. The van der Waals surface area contributed by atoms with Crippen LogP contribution in [0.3, 0.4) is 0 Å². The van der Waals surface area contributed by atoms with Crippen molar-refractivity contribution in [1.82, 2.24) is 0 Å². The normalized spacial score (nSPS) is 14.1. The second-order valence-electron chi connectivity index (χ2n) is 3.60. The molecule has 4 nitrogen and oxygen atoms in total. The van der Waals surface area contributed by atoms with Gasteiger partial charge in [0.1, 0.15) is 0 Å². The van der Waals surface area contributed by atoms with E-state index in [1.165, 1.54) is 6.92 Å². The summed E-state index contributed by atoms with van der Waals surface area (Å²) in [7, 11) is 0. The molecular formula is C12H14O4. The molecule has 2 N–H and O–H groups in total. The van der Waals surface area contributed by atoms with Crippen molar-refractivity contribution in [2.24, 2.45) is 0 Å². The topological polar surface area (TPSA) is 74.6 Å². The average molecular weight is 222 g/mol. The molecule has 0 bridgehead atoms. The zero-order chi connectivity index (χ0) is 12.2. The summed E-state index contributed by atoms with van der Waals surface area (Å²) < 4.78 is 0. The quantitative estimate of drug-likeness (QED) is 0.729. The van der Waals surface area contributed by atoms with Gasteiger partial charge in [-0.2, -0.15) is 0 Å². The molecule has 1 aromatic carbocycles. The summed E-state index contributed by atoms with van der Waals surface area (Å²) in [6.45, 7) is 1.53. The lowest BCUT2D eigenvalue weighted by Crippen LogP contribution is -2.48. The van der Waals surface area contributed by atoms with Gasteiger partial charge in [0, 0.05) is 12.8 Å². The molecule has 0 fully saturated rings. The average Bonchev–Trinajstić information content (AvgIpc) is 2.28.